The number of nitrogens with one attached hydrogen (secondary N) is 1. The van der Waals surface area contributed by atoms with Gasteiger partial charge in [0.2, 0.25) is 5.91 Å². The summed E-state index contributed by atoms with van der Waals surface area (Å²) in [7, 11) is 0. The van der Waals surface area contributed by atoms with Crippen molar-refractivity contribution in [2.45, 2.75) is 55.5 Å². The summed E-state index contributed by atoms with van der Waals surface area (Å²) in [5.74, 6) is -0.525. The van der Waals surface area contributed by atoms with Gasteiger partial charge in [0.25, 0.3) is 5.56 Å². The van der Waals surface area contributed by atoms with Gasteiger partial charge in [-0.1, -0.05) is 42.6 Å². The second-order valence-corrected chi connectivity index (χ2v) is 8.38. The summed E-state index contributed by atoms with van der Waals surface area (Å²) in [5.41, 5.74) is 5.38. The fourth-order valence-electron chi connectivity index (χ4n) is 3.33. The van der Waals surface area contributed by atoms with Gasteiger partial charge in [0.15, 0.2) is 5.16 Å². The van der Waals surface area contributed by atoms with E-state index in [-0.39, 0.29) is 11.6 Å². The van der Waals surface area contributed by atoms with E-state index in [9.17, 15) is 14.4 Å². The molecule has 144 valence electrons. The Morgan fingerprint density at radius 3 is 2.70 bits per heavy atom. The number of urea groups is 1. The number of primary amides is 1. The van der Waals surface area contributed by atoms with Crippen LogP contribution < -0.4 is 16.6 Å². The fraction of sp³-hybridized carbons (Fsp3) is 0.444. The molecule has 0 aliphatic heterocycles. The first-order chi connectivity index (χ1) is 12.9. The molecule has 1 unspecified atom stereocenters. The van der Waals surface area contributed by atoms with Crippen LogP contribution in [0, 0.1) is 0 Å². The molecule has 3 amide bonds. The summed E-state index contributed by atoms with van der Waals surface area (Å²) >= 11 is 7.19. The molecule has 1 aromatic heterocycles. The van der Waals surface area contributed by atoms with Crippen molar-refractivity contribution in [3.05, 3.63) is 33.6 Å². The normalized spacial score (nSPS) is 16.2. The standard InChI is InChI=1S/C18H21ClN4O3S/c1-10(15(24)22-17(20)26)27-18-21-14-9-11(19)7-8-13(14)16(25)23(18)12-5-3-2-4-6-12/h7-10,12H,2-6H2,1H3,(H3,20,22,24,26). The van der Waals surface area contributed by atoms with Crippen molar-refractivity contribution in [3.8, 4) is 0 Å². The molecule has 1 saturated carbocycles. The number of halogens is 1. The highest BCUT2D eigenvalue weighted by atomic mass is 35.5. The lowest BCUT2D eigenvalue weighted by atomic mass is 9.95. The average Bonchev–Trinajstić information content (AvgIpc) is 2.61. The topological polar surface area (TPSA) is 107 Å². The third kappa shape index (κ3) is 4.44. The number of fused-ring (bicyclic) bond motifs is 1. The molecule has 3 rings (SSSR count). The van der Waals surface area contributed by atoms with E-state index in [0.29, 0.717) is 21.1 Å². The maximum atomic E-state index is 13.2. The molecule has 9 heteroatoms. The van der Waals surface area contributed by atoms with Crippen LogP contribution in [-0.4, -0.2) is 26.7 Å². The molecule has 1 aliphatic carbocycles. The zero-order valence-electron chi connectivity index (χ0n) is 14.9. The second-order valence-electron chi connectivity index (χ2n) is 6.64. The maximum absolute atomic E-state index is 13.2. The monoisotopic (exact) mass is 408 g/mol. The van der Waals surface area contributed by atoms with Crippen molar-refractivity contribution in [2.75, 3.05) is 0 Å². The van der Waals surface area contributed by atoms with Crippen LogP contribution in [0.15, 0.2) is 28.2 Å². The van der Waals surface area contributed by atoms with Crippen LogP contribution >= 0.6 is 23.4 Å². The van der Waals surface area contributed by atoms with Crippen molar-refractivity contribution >= 4 is 46.2 Å². The lowest BCUT2D eigenvalue weighted by Crippen LogP contribution is -2.39. The van der Waals surface area contributed by atoms with Gasteiger partial charge in [-0.2, -0.15) is 0 Å². The highest BCUT2D eigenvalue weighted by molar-refractivity contribution is 8.00. The Labute approximate surface area is 165 Å². The summed E-state index contributed by atoms with van der Waals surface area (Å²) in [6.07, 6.45) is 5.06. The minimum absolute atomic E-state index is 0.0488. The van der Waals surface area contributed by atoms with Gasteiger partial charge in [0.1, 0.15) is 0 Å². The largest absolute Gasteiger partial charge is 0.351 e. The van der Waals surface area contributed by atoms with Crippen LogP contribution in [0.5, 0.6) is 0 Å². The molecular weight excluding hydrogens is 388 g/mol. The summed E-state index contributed by atoms with van der Waals surface area (Å²) in [6, 6.07) is 4.14. The van der Waals surface area contributed by atoms with Crippen LogP contribution in [0.4, 0.5) is 4.79 Å². The average molecular weight is 409 g/mol. The van der Waals surface area contributed by atoms with E-state index in [2.05, 4.69) is 10.3 Å². The van der Waals surface area contributed by atoms with E-state index >= 15 is 0 Å². The molecule has 7 nitrogen and oxygen atoms in total. The van der Waals surface area contributed by atoms with Crippen molar-refractivity contribution in [1.29, 1.82) is 0 Å². The van der Waals surface area contributed by atoms with E-state index in [1.165, 1.54) is 0 Å². The molecule has 0 radical (unpaired) electrons. The molecular formula is C18H21ClN4O3S. The number of benzene rings is 1. The molecule has 1 heterocycles. The van der Waals surface area contributed by atoms with Crippen LogP contribution in [-0.2, 0) is 4.79 Å². The van der Waals surface area contributed by atoms with Gasteiger partial charge >= 0.3 is 6.03 Å². The van der Waals surface area contributed by atoms with E-state index in [1.807, 2.05) is 0 Å². The molecule has 3 N–H and O–H groups in total. The molecule has 27 heavy (non-hydrogen) atoms. The van der Waals surface area contributed by atoms with Gasteiger partial charge in [0.05, 0.1) is 16.2 Å². The van der Waals surface area contributed by atoms with Gasteiger partial charge in [-0.05, 0) is 38.0 Å². The zero-order valence-corrected chi connectivity index (χ0v) is 16.5. The lowest BCUT2D eigenvalue weighted by molar-refractivity contribution is -0.119. The van der Waals surface area contributed by atoms with Gasteiger partial charge < -0.3 is 5.73 Å². The number of imide groups is 1. The molecule has 1 aromatic carbocycles. The van der Waals surface area contributed by atoms with E-state index in [1.54, 1.807) is 29.7 Å². The smallest absolute Gasteiger partial charge is 0.318 e. The number of nitrogens with two attached hydrogens (primary N) is 1. The summed E-state index contributed by atoms with van der Waals surface area (Å²) < 4.78 is 1.70. The van der Waals surface area contributed by atoms with Crippen LogP contribution in [0.1, 0.15) is 45.1 Å². The summed E-state index contributed by atoms with van der Waals surface area (Å²) in [4.78, 5) is 40.8. The molecule has 0 saturated heterocycles. The SMILES string of the molecule is CC(Sc1nc2cc(Cl)ccc2c(=O)n1C1CCCCC1)C(=O)NC(N)=O. The number of amides is 3. The van der Waals surface area contributed by atoms with Crippen molar-refractivity contribution in [2.24, 2.45) is 5.73 Å². The van der Waals surface area contributed by atoms with Crippen LogP contribution in [0.25, 0.3) is 10.9 Å². The number of hydrogen-bond donors (Lipinski definition) is 2. The Balaban J connectivity index is 2.06. The Kier molecular flexibility index (Phi) is 6.06. The van der Waals surface area contributed by atoms with E-state index < -0.39 is 17.2 Å². The van der Waals surface area contributed by atoms with E-state index in [0.717, 1.165) is 43.9 Å². The Morgan fingerprint density at radius 1 is 1.33 bits per heavy atom. The highest BCUT2D eigenvalue weighted by Crippen LogP contribution is 2.32. The molecule has 0 bridgehead atoms. The Hall–Kier alpha value is -2.06. The van der Waals surface area contributed by atoms with Crippen molar-refractivity contribution in [3.63, 3.8) is 0 Å². The quantitative estimate of drug-likeness (QED) is 0.596. The Morgan fingerprint density at radius 2 is 2.04 bits per heavy atom. The number of nitrogens with zero attached hydrogens (tertiary/aromatic N) is 2. The fourth-order valence-corrected chi connectivity index (χ4v) is 4.48. The number of aromatic nitrogens is 2. The molecule has 1 fully saturated rings. The number of hydrogen-bond acceptors (Lipinski definition) is 5. The first-order valence-corrected chi connectivity index (χ1v) is 10.1. The Bertz CT molecular complexity index is 940. The van der Waals surface area contributed by atoms with Crippen LogP contribution in [0.2, 0.25) is 5.02 Å². The predicted octanol–water partition coefficient (Wildman–Crippen LogP) is 3.23. The molecule has 1 aliphatic rings. The minimum Gasteiger partial charge on any atom is -0.351 e. The van der Waals surface area contributed by atoms with Crippen molar-refractivity contribution in [1.82, 2.24) is 14.9 Å². The molecule has 0 spiro atoms. The number of carbonyl (C=O) groups excluding carboxylic acids is 2. The lowest BCUT2D eigenvalue weighted by Gasteiger charge is -2.26. The van der Waals surface area contributed by atoms with E-state index in [4.69, 9.17) is 17.3 Å². The third-order valence-electron chi connectivity index (χ3n) is 4.67. The first kappa shape index (κ1) is 19.7. The van der Waals surface area contributed by atoms with Gasteiger partial charge in [0, 0.05) is 11.1 Å². The summed E-state index contributed by atoms with van der Waals surface area (Å²) in [5, 5.41) is 2.87. The second kappa shape index (κ2) is 8.31. The number of thioether (sulfide) groups is 1. The highest BCUT2D eigenvalue weighted by Gasteiger charge is 2.25. The predicted molar refractivity (Wildman–Crippen MR) is 106 cm³/mol. The molecule has 1 atom stereocenters. The number of carbonyl (C=O) groups is 2. The van der Waals surface area contributed by atoms with Gasteiger partial charge in [-0.15, -0.1) is 0 Å². The first-order valence-electron chi connectivity index (χ1n) is 8.85. The van der Waals surface area contributed by atoms with Crippen molar-refractivity contribution < 1.29 is 9.59 Å². The van der Waals surface area contributed by atoms with Gasteiger partial charge in [-0.3, -0.25) is 19.5 Å². The molecule has 2 aromatic rings. The van der Waals surface area contributed by atoms with Gasteiger partial charge in [-0.25, -0.2) is 9.78 Å². The minimum atomic E-state index is -0.907. The summed E-state index contributed by atoms with van der Waals surface area (Å²) in [6.45, 7) is 1.64. The number of rotatable bonds is 4. The maximum Gasteiger partial charge on any atom is 0.318 e. The third-order valence-corrected chi connectivity index (χ3v) is 5.97. The zero-order chi connectivity index (χ0) is 19.6. The van der Waals surface area contributed by atoms with Crippen LogP contribution in [0.3, 0.4) is 0 Å².